The Morgan fingerprint density at radius 2 is 1.43 bits per heavy atom. The molecule has 0 bridgehead atoms. The van der Waals surface area contributed by atoms with E-state index in [1.165, 1.54) is 12.1 Å². The molecule has 1 N–H and O–H groups in total. The molecule has 3 aromatic heterocycles. The molecule has 0 aliphatic carbocycles. The summed E-state index contributed by atoms with van der Waals surface area (Å²) in [6, 6.07) is 12.0. The number of ether oxygens (including phenoxy) is 1. The Balaban J connectivity index is 1.64. The van der Waals surface area contributed by atoms with Gasteiger partial charge in [0.2, 0.25) is 0 Å². The van der Waals surface area contributed by atoms with Gasteiger partial charge in [-0.1, -0.05) is 0 Å². The van der Waals surface area contributed by atoms with Crippen molar-refractivity contribution in [3.8, 4) is 11.8 Å². The van der Waals surface area contributed by atoms with Crippen LogP contribution in [-0.4, -0.2) is 19.9 Å². The number of H-pyrrole nitrogens is 1. The van der Waals surface area contributed by atoms with Crippen LogP contribution in [-0.2, 0) is 6.18 Å². The average molecular weight is 380 g/mol. The number of nitrogens with zero attached hydrogens (tertiary/aromatic N) is 3. The van der Waals surface area contributed by atoms with E-state index in [0.717, 1.165) is 39.5 Å². The zero-order chi connectivity index (χ0) is 19.3. The fourth-order valence-corrected chi connectivity index (χ4v) is 3.19. The second kappa shape index (κ2) is 5.91. The monoisotopic (exact) mass is 380 g/mol. The molecule has 0 aliphatic rings. The Morgan fingerprint density at radius 3 is 2.11 bits per heavy atom. The van der Waals surface area contributed by atoms with Crippen LogP contribution in [0.25, 0.3) is 32.8 Å². The molecule has 138 valence electrons. The van der Waals surface area contributed by atoms with E-state index in [2.05, 4.69) is 19.9 Å². The Kier molecular flexibility index (Phi) is 3.48. The largest absolute Gasteiger partial charge is 0.426 e. The molecule has 0 saturated heterocycles. The normalized spacial score (nSPS) is 12.1. The fourth-order valence-electron chi connectivity index (χ4n) is 3.19. The highest BCUT2D eigenvalue weighted by atomic mass is 19.4. The number of hydrogen-bond donors (Lipinski definition) is 1. The molecule has 2 aromatic carbocycles. The van der Waals surface area contributed by atoms with Gasteiger partial charge >= 0.3 is 6.18 Å². The lowest BCUT2D eigenvalue weighted by molar-refractivity contribution is -0.137. The SMILES string of the molecule is FC(F)(F)c1ccc(Oc2nc3c4cccnc4c4ncccc4c3[nH]2)cc1. The summed E-state index contributed by atoms with van der Waals surface area (Å²) in [5.74, 6) is 0.247. The van der Waals surface area contributed by atoms with E-state index >= 15 is 0 Å². The first-order valence-electron chi connectivity index (χ1n) is 8.37. The van der Waals surface area contributed by atoms with Crippen molar-refractivity contribution >= 4 is 32.8 Å². The van der Waals surface area contributed by atoms with E-state index in [4.69, 9.17) is 4.74 Å². The van der Waals surface area contributed by atoms with Crippen molar-refractivity contribution in [3.05, 3.63) is 66.5 Å². The minimum atomic E-state index is -4.39. The minimum Gasteiger partial charge on any atom is -0.426 e. The number of pyridine rings is 2. The van der Waals surface area contributed by atoms with Gasteiger partial charge in [0.25, 0.3) is 6.01 Å². The molecule has 0 atom stereocenters. The standard InChI is InChI=1S/C20H11F3N4O/c21-20(22,23)11-5-7-12(8-6-11)28-19-26-17-13-3-1-9-24-15(13)16-14(18(17)27-19)4-2-10-25-16/h1-10H,(H,26,27). The van der Waals surface area contributed by atoms with Crippen LogP contribution < -0.4 is 4.74 Å². The summed E-state index contributed by atoms with van der Waals surface area (Å²) in [6.45, 7) is 0. The maximum atomic E-state index is 12.7. The van der Waals surface area contributed by atoms with Crippen LogP contribution in [0.15, 0.2) is 60.9 Å². The van der Waals surface area contributed by atoms with Crippen LogP contribution in [0.5, 0.6) is 11.8 Å². The summed E-state index contributed by atoms with van der Waals surface area (Å²) in [5, 5.41) is 1.64. The van der Waals surface area contributed by atoms with Gasteiger partial charge in [-0.05, 0) is 48.5 Å². The maximum Gasteiger partial charge on any atom is 0.416 e. The zero-order valence-corrected chi connectivity index (χ0v) is 14.2. The number of rotatable bonds is 2. The van der Waals surface area contributed by atoms with Gasteiger partial charge in [-0.15, -0.1) is 0 Å². The molecule has 0 saturated carbocycles. The van der Waals surface area contributed by atoms with Gasteiger partial charge in [0, 0.05) is 23.2 Å². The first-order valence-corrected chi connectivity index (χ1v) is 8.37. The van der Waals surface area contributed by atoms with E-state index in [1.54, 1.807) is 12.4 Å². The van der Waals surface area contributed by atoms with Gasteiger partial charge in [0.05, 0.1) is 22.1 Å². The van der Waals surface area contributed by atoms with Crippen molar-refractivity contribution < 1.29 is 17.9 Å². The average Bonchev–Trinajstić information content (AvgIpc) is 3.12. The first-order chi connectivity index (χ1) is 13.5. The fraction of sp³-hybridized carbons (Fsp3) is 0.0500. The smallest absolute Gasteiger partial charge is 0.416 e. The molecule has 0 spiro atoms. The van der Waals surface area contributed by atoms with E-state index < -0.39 is 11.7 Å². The quantitative estimate of drug-likeness (QED) is 0.413. The molecule has 8 heteroatoms. The van der Waals surface area contributed by atoms with E-state index in [1.807, 2.05) is 24.3 Å². The summed E-state index contributed by atoms with van der Waals surface area (Å²) in [4.78, 5) is 16.4. The highest BCUT2D eigenvalue weighted by molar-refractivity contribution is 6.20. The van der Waals surface area contributed by atoms with Crippen molar-refractivity contribution in [2.45, 2.75) is 6.18 Å². The number of nitrogens with one attached hydrogen (secondary N) is 1. The number of halogens is 3. The number of aromatic amines is 1. The van der Waals surface area contributed by atoms with Gasteiger partial charge in [0.1, 0.15) is 11.3 Å². The third kappa shape index (κ3) is 2.61. The number of alkyl halides is 3. The van der Waals surface area contributed by atoms with E-state index in [9.17, 15) is 13.2 Å². The number of benzene rings is 2. The van der Waals surface area contributed by atoms with E-state index in [0.29, 0.717) is 5.52 Å². The van der Waals surface area contributed by atoms with Crippen molar-refractivity contribution in [2.24, 2.45) is 0 Å². The van der Waals surface area contributed by atoms with Gasteiger partial charge in [0.15, 0.2) is 0 Å². The maximum absolute atomic E-state index is 12.7. The van der Waals surface area contributed by atoms with Gasteiger partial charge in [-0.2, -0.15) is 18.2 Å². The Bertz CT molecular complexity index is 1250. The number of imidazole rings is 1. The van der Waals surface area contributed by atoms with Crippen LogP contribution >= 0.6 is 0 Å². The molecule has 0 radical (unpaired) electrons. The highest BCUT2D eigenvalue weighted by Gasteiger charge is 2.30. The third-order valence-electron chi connectivity index (χ3n) is 4.44. The van der Waals surface area contributed by atoms with Crippen molar-refractivity contribution in [1.29, 1.82) is 0 Å². The topological polar surface area (TPSA) is 63.7 Å². The van der Waals surface area contributed by atoms with Gasteiger partial charge < -0.3 is 9.72 Å². The first kappa shape index (κ1) is 16.5. The highest BCUT2D eigenvalue weighted by Crippen LogP contribution is 2.34. The second-order valence-corrected chi connectivity index (χ2v) is 6.19. The molecular weight excluding hydrogens is 369 g/mol. The zero-order valence-electron chi connectivity index (χ0n) is 14.2. The van der Waals surface area contributed by atoms with Crippen LogP contribution in [0, 0.1) is 0 Å². The summed E-state index contributed by atoms with van der Waals surface area (Å²) < 4.78 is 43.8. The number of hydrogen-bond acceptors (Lipinski definition) is 4. The lowest BCUT2D eigenvalue weighted by Gasteiger charge is -2.07. The Labute approximate surface area is 155 Å². The molecular formula is C20H11F3N4O. The molecule has 5 aromatic rings. The summed E-state index contributed by atoms with van der Waals surface area (Å²) in [7, 11) is 0. The predicted octanol–water partition coefficient (Wildman–Crippen LogP) is 5.47. The Hall–Kier alpha value is -3.68. The second-order valence-electron chi connectivity index (χ2n) is 6.19. The molecule has 0 aliphatic heterocycles. The number of aromatic nitrogens is 4. The molecule has 5 nitrogen and oxygen atoms in total. The Morgan fingerprint density at radius 1 is 0.786 bits per heavy atom. The summed E-state index contributed by atoms with van der Waals surface area (Å²) >= 11 is 0. The van der Waals surface area contributed by atoms with Crippen molar-refractivity contribution in [1.82, 2.24) is 19.9 Å². The van der Waals surface area contributed by atoms with Crippen molar-refractivity contribution in [2.75, 3.05) is 0 Å². The molecule has 28 heavy (non-hydrogen) atoms. The summed E-state index contributed by atoms with van der Waals surface area (Å²) in [6.07, 6.45) is -1.01. The third-order valence-corrected chi connectivity index (χ3v) is 4.44. The van der Waals surface area contributed by atoms with Crippen LogP contribution in [0.1, 0.15) is 5.56 Å². The lowest BCUT2D eigenvalue weighted by Crippen LogP contribution is -2.04. The molecule has 0 fully saturated rings. The van der Waals surface area contributed by atoms with Crippen molar-refractivity contribution in [3.63, 3.8) is 0 Å². The molecule has 0 unspecified atom stereocenters. The van der Waals surface area contributed by atoms with Crippen LogP contribution in [0.3, 0.4) is 0 Å². The van der Waals surface area contributed by atoms with E-state index in [-0.39, 0.29) is 11.8 Å². The predicted molar refractivity (Wildman–Crippen MR) is 98.2 cm³/mol. The van der Waals surface area contributed by atoms with Gasteiger partial charge in [-0.3, -0.25) is 9.97 Å². The summed E-state index contributed by atoms with van der Waals surface area (Å²) in [5.41, 5.74) is 2.10. The molecule has 0 amide bonds. The number of fused-ring (bicyclic) bond motifs is 6. The van der Waals surface area contributed by atoms with Crippen LogP contribution in [0.4, 0.5) is 13.2 Å². The van der Waals surface area contributed by atoms with Gasteiger partial charge in [-0.25, -0.2) is 0 Å². The lowest BCUT2D eigenvalue weighted by atomic mass is 10.1. The minimum absolute atomic E-state index is 0.177. The molecule has 3 heterocycles. The van der Waals surface area contributed by atoms with Crippen LogP contribution in [0.2, 0.25) is 0 Å². The molecule has 5 rings (SSSR count).